The van der Waals surface area contributed by atoms with E-state index >= 15 is 0 Å². The van der Waals surface area contributed by atoms with Crippen molar-refractivity contribution in [2.24, 2.45) is 5.10 Å². The number of anilines is 1. The molecule has 172 valence electrons. The van der Waals surface area contributed by atoms with Crippen LogP contribution in [-0.4, -0.2) is 50.3 Å². The lowest BCUT2D eigenvalue weighted by Crippen LogP contribution is -2.46. The van der Waals surface area contributed by atoms with Crippen molar-refractivity contribution < 1.29 is 18.3 Å². The summed E-state index contributed by atoms with van der Waals surface area (Å²) in [4.78, 5) is 16.8. The summed E-state index contributed by atoms with van der Waals surface area (Å²) in [5.74, 6) is 0.828. The SMILES string of the molecule is COc1ccc(/C=N/NC(=O)c2ccoc2C)cc1CN1CCN(c2ccc(F)cc2)CC1. The molecule has 2 heterocycles. The van der Waals surface area contributed by atoms with Crippen molar-refractivity contribution in [3.05, 3.63) is 83.1 Å². The van der Waals surface area contributed by atoms with Gasteiger partial charge >= 0.3 is 0 Å². The number of nitrogens with one attached hydrogen (secondary N) is 1. The van der Waals surface area contributed by atoms with Crippen LogP contribution in [0.1, 0.15) is 27.2 Å². The first-order valence-corrected chi connectivity index (χ1v) is 10.8. The number of furan rings is 1. The molecule has 0 radical (unpaired) electrons. The summed E-state index contributed by atoms with van der Waals surface area (Å²) in [6.07, 6.45) is 3.09. The summed E-state index contributed by atoms with van der Waals surface area (Å²) in [5.41, 5.74) is 5.94. The Morgan fingerprint density at radius 3 is 2.58 bits per heavy atom. The van der Waals surface area contributed by atoms with Crippen LogP contribution in [0.4, 0.5) is 10.1 Å². The summed E-state index contributed by atoms with van der Waals surface area (Å²) in [6.45, 7) is 5.98. The van der Waals surface area contributed by atoms with Gasteiger partial charge in [0, 0.05) is 44.0 Å². The van der Waals surface area contributed by atoms with E-state index in [4.69, 9.17) is 9.15 Å². The molecule has 4 rings (SSSR count). The number of hydrazone groups is 1. The molecule has 0 bridgehead atoms. The van der Waals surface area contributed by atoms with E-state index in [1.54, 1.807) is 26.3 Å². The second kappa shape index (κ2) is 10.3. The third-order valence-corrected chi connectivity index (χ3v) is 5.75. The molecule has 0 atom stereocenters. The molecule has 2 aromatic carbocycles. The van der Waals surface area contributed by atoms with Crippen LogP contribution in [0.2, 0.25) is 0 Å². The molecule has 1 aliphatic rings. The van der Waals surface area contributed by atoms with Crippen molar-refractivity contribution >= 4 is 17.8 Å². The highest BCUT2D eigenvalue weighted by molar-refractivity contribution is 5.95. The van der Waals surface area contributed by atoms with Crippen molar-refractivity contribution in [2.45, 2.75) is 13.5 Å². The highest BCUT2D eigenvalue weighted by Crippen LogP contribution is 2.23. The molecule has 1 N–H and O–H groups in total. The van der Waals surface area contributed by atoms with E-state index in [9.17, 15) is 9.18 Å². The number of rotatable bonds is 7. The molecule has 0 aliphatic carbocycles. The van der Waals surface area contributed by atoms with E-state index in [1.807, 2.05) is 30.3 Å². The van der Waals surface area contributed by atoms with E-state index in [2.05, 4.69) is 20.3 Å². The second-order valence-electron chi connectivity index (χ2n) is 7.90. The van der Waals surface area contributed by atoms with Crippen molar-refractivity contribution in [1.29, 1.82) is 0 Å². The largest absolute Gasteiger partial charge is 0.496 e. The molecule has 1 saturated heterocycles. The Bertz CT molecular complexity index is 1120. The number of benzene rings is 2. The number of carbonyl (C=O) groups is 1. The number of methoxy groups -OCH3 is 1. The summed E-state index contributed by atoms with van der Waals surface area (Å²) in [5, 5.41) is 4.08. The molecule has 0 unspecified atom stereocenters. The number of hydrogen-bond donors (Lipinski definition) is 1. The van der Waals surface area contributed by atoms with Crippen LogP contribution in [0.25, 0.3) is 0 Å². The van der Waals surface area contributed by atoms with E-state index in [0.717, 1.165) is 55.3 Å². The average molecular weight is 451 g/mol. The van der Waals surface area contributed by atoms with E-state index in [1.165, 1.54) is 18.4 Å². The summed E-state index contributed by atoms with van der Waals surface area (Å²) in [7, 11) is 1.66. The normalized spacial score (nSPS) is 14.6. The Balaban J connectivity index is 1.36. The topological polar surface area (TPSA) is 70.3 Å². The lowest BCUT2D eigenvalue weighted by molar-refractivity contribution is 0.0953. The zero-order chi connectivity index (χ0) is 23.2. The molecule has 33 heavy (non-hydrogen) atoms. The van der Waals surface area contributed by atoms with Gasteiger partial charge in [-0.15, -0.1) is 0 Å². The van der Waals surface area contributed by atoms with Gasteiger partial charge in [-0.1, -0.05) is 0 Å². The van der Waals surface area contributed by atoms with E-state index in [-0.39, 0.29) is 11.7 Å². The van der Waals surface area contributed by atoms with Crippen molar-refractivity contribution in [2.75, 3.05) is 38.2 Å². The van der Waals surface area contributed by atoms with Gasteiger partial charge in [0.1, 0.15) is 17.3 Å². The van der Waals surface area contributed by atoms with Gasteiger partial charge in [0.25, 0.3) is 5.91 Å². The standard InChI is InChI=1S/C25H27FN4O3/c1-18-23(9-14-33-18)25(31)28-27-16-19-3-8-24(32-2)20(15-19)17-29-10-12-30(13-11-29)22-6-4-21(26)5-7-22/h3-9,14-16H,10-13,17H2,1-2H3,(H,28,31)/b27-16+. The lowest BCUT2D eigenvalue weighted by Gasteiger charge is -2.36. The predicted octanol–water partition coefficient (Wildman–Crippen LogP) is 3.82. The maximum atomic E-state index is 13.2. The second-order valence-corrected chi connectivity index (χ2v) is 7.90. The number of ether oxygens (including phenoxy) is 1. The molecule has 1 fully saturated rings. The van der Waals surface area contributed by atoms with Gasteiger partial charge in [-0.25, -0.2) is 9.82 Å². The first kappa shape index (κ1) is 22.5. The maximum absolute atomic E-state index is 13.2. The molecule has 3 aromatic rings. The zero-order valence-electron chi connectivity index (χ0n) is 18.8. The van der Waals surface area contributed by atoms with Crippen LogP contribution in [-0.2, 0) is 6.54 Å². The number of aryl methyl sites for hydroxylation is 1. The summed E-state index contributed by atoms with van der Waals surface area (Å²) >= 11 is 0. The van der Waals surface area contributed by atoms with Gasteiger partial charge in [0.05, 0.1) is 25.2 Å². The molecule has 1 aliphatic heterocycles. The fourth-order valence-corrected chi connectivity index (χ4v) is 3.91. The Kier molecular flexibility index (Phi) is 7.04. The van der Waals surface area contributed by atoms with Crippen LogP contribution in [0.3, 0.4) is 0 Å². The maximum Gasteiger partial charge on any atom is 0.274 e. The Hall–Kier alpha value is -3.65. The molecule has 1 amide bonds. The molecule has 0 spiro atoms. The molecule has 8 heteroatoms. The van der Waals surface area contributed by atoms with E-state index in [0.29, 0.717) is 11.3 Å². The lowest BCUT2D eigenvalue weighted by atomic mass is 10.1. The highest BCUT2D eigenvalue weighted by atomic mass is 19.1. The van der Waals surface area contributed by atoms with Crippen molar-refractivity contribution in [3.8, 4) is 5.75 Å². The van der Waals surface area contributed by atoms with Crippen LogP contribution >= 0.6 is 0 Å². The Morgan fingerprint density at radius 1 is 1.15 bits per heavy atom. The third kappa shape index (κ3) is 5.59. The van der Waals surface area contributed by atoms with Crippen LogP contribution in [0.5, 0.6) is 5.75 Å². The third-order valence-electron chi connectivity index (χ3n) is 5.75. The number of piperazine rings is 1. The Labute approximate surface area is 192 Å². The van der Waals surface area contributed by atoms with Crippen LogP contribution < -0.4 is 15.1 Å². The highest BCUT2D eigenvalue weighted by Gasteiger charge is 2.19. The minimum absolute atomic E-state index is 0.218. The van der Waals surface area contributed by atoms with Gasteiger partial charge in [0.15, 0.2) is 0 Å². The van der Waals surface area contributed by atoms with Crippen LogP contribution in [0, 0.1) is 12.7 Å². The van der Waals surface area contributed by atoms with Gasteiger partial charge in [0.2, 0.25) is 0 Å². The minimum Gasteiger partial charge on any atom is -0.496 e. The minimum atomic E-state index is -0.315. The number of carbonyl (C=O) groups excluding carboxylic acids is 1. The number of hydrogen-bond acceptors (Lipinski definition) is 6. The fraction of sp³-hybridized carbons (Fsp3) is 0.280. The molecule has 1 aromatic heterocycles. The zero-order valence-corrected chi connectivity index (χ0v) is 18.8. The van der Waals surface area contributed by atoms with Crippen LogP contribution in [0.15, 0.2) is 64.3 Å². The average Bonchev–Trinajstić information content (AvgIpc) is 3.26. The molecular weight excluding hydrogens is 423 g/mol. The van der Waals surface area contributed by atoms with Crippen molar-refractivity contribution in [3.63, 3.8) is 0 Å². The Morgan fingerprint density at radius 2 is 1.91 bits per heavy atom. The van der Waals surface area contributed by atoms with E-state index < -0.39 is 0 Å². The smallest absolute Gasteiger partial charge is 0.274 e. The molecular formula is C25H27FN4O3. The molecule has 7 nitrogen and oxygen atoms in total. The first-order valence-electron chi connectivity index (χ1n) is 10.8. The van der Waals surface area contributed by atoms with Gasteiger partial charge < -0.3 is 14.1 Å². The fourth-order valence-electron chi connectivity index (χ4n) is 3.91. The summed E-state index contributed by atoms with van der Waals surface area (Å²) in [6, 6.07) is 14.1. The van der Waals surface area contributed by atoms with Gasteiger partial charge in [-0.3, -0.25) is 9.69 Å². The number of nitrogens with zero attached hydrogens (tertiary/aromatic N) is 3. The number of amides is 1. The summed E-state index contributed by atoms with van der Waals surface area (Å²) < 4.78 is 23.9. The first-order chi connectivity index (χ1) is 16.0. The monoisotopic (exact) mass is 450 g/mol. The van der Waals surface area contributed by atoms with Crippen molar-refractivity contribution in [1.82, 2.24) is 10.3 Å². The van der Waals surface area contributed by atoms with Gasteiger partial charge in [-0.05, 0) is 61.0 Å². The predicted molar refractivity (Wildman–Crippen MR) is 125 cm³/mol. The van der Waals surface area contributed by atoms with Gasteiger partial charge in [-0.2, -0.15) is 5.10 Å². The molecule has 0 saturated carbocycles. The number of halogens is 1. The quantitative estimate of drug-likeness (QED) is 0.438.